The quantitative estimate of drug-likeness (QED) is 0.459. The first-order chi connectivity index (χ1) is 4.22. The lowest BCUT2D eigenvalue weighted by Gasteiger charge is -2.11. The van der Waals surface area contributed by atoms with Gasteiger partial charge in [0.15, 0.2) is 0 Å². The highest BCUT2D eigenvalue weighted by atomic mass is 16.5. The second-order valence-corrected chi connectivity index (χ2v) is 1.87. The molecule has 0 saturated heterocycles. The van der Waals surface area contributed by atoms with E-state index in [0.29, 0.717) is 13.0 Å². The SMILES string of the molecule is CCCN(O)C(=O)CC. The molecule has 0 atom stereocenters. The smallest absolute Gasteiger partial charge is 0.245 e. The van der Waals surface area contributed by atoms with Crippen molar-refractivity contribution in [3.63, 3.8) is 0 Å². The molecule has 0 aliphatic heterocycles. The maximum absolute atomic E-state index is 10.6. The molecule has 9 heavy (non-hydrogen) atoms. The minimum Gasteiger partial charge on any atom is -0.286 e. The molecule has 0 heterocycles. The molecule has 1 N–H and O–H groups in total. The fourth-order valence-electron chi connectivity index (χ4n) is 0.519. The van der Waals surface area contributed by atoms with Crippen LogP contribution in [-0.2, 0) is 4.79 Å². The lowest BCUT2D eigenvalue weighted by molar-refractivity contribution is -0.164. The average molecular weight is 131 g/mol. The maximum atomic E-state index is 10.6. The molecular weight excluding hydrogens is 118 g/mol. The Morgan fingerprint density at radius 1 is 1.56 bits per heavy atom. The van der Waals surface area contributed by atoms with E-state index in [4.69, 9.17) is 5.21 Å². The first-order valence-electron chi connectivity index (χ1n) is 3.21. The molecule has 0 aromatic carbocycles. The van der Waals surface area contributed by atoms with Crippen LogP contribution in [-0.4, -0.2) is 22.7 Å². The number of hydroxylamine groups is 2. The molecule has 1 amide bonds. The van der Waals surface area contributed by atoms with Gasteiger partial charge in [-0.15, -0.1) is 0 Å². The van der Waals surface area contributed by atoms with E-state index in [0.717, 1.165) is 11.5 Å². The average Bonchev–Trinajstić information content (AvgIpc) is 1.87. The number of hydrogen-bond donors (Lipinski definition) is 1. The number of carbonyl (C=O) groups is 1. The molecule has 0 radical (unpaired) electrons. The van der Waals surface area contributed by atoms with Gasteiger partial charge in [0.05, 0.1) is 0 Å². The summed E-state index contributed by atoms with van der Waals surface area (Å²) in [5, 5.41) is 9.57. The Morgan fingerprint density at radius 2 is 2.11 bits per heavy atom. The van der Waals surface area contributed by atoms with Crippen molar-refractivity contribution in [1.82, 2.24) is 5.06 Å². The van der Waals surface area contributed by atoms with Crippen LogP contribution in [0.3, 0.4) is 0 Å². The van der Waals surface area contributed by atoms with Crippen molar-refractivity contribution in [3.05, 3.63) is 0 Å². The van der Waals surface area contributed by atoms with Gasteiger partial charge in [-0.3, -0.25) is 10.0 Å². The van der Waals surface area contributed by atoms with Crippen molar-refractivity contribution < 1.29 is 10.0 Å². The topological polar surface area (TPSA) is 40.5 Å². The molecule has 0 fully saturated rings. The summed E-state index contributed by atoms with van der Waals surface area (Å²) in [6.07, 6.45) is 1.17. The molecule has 0 rings (SSSR count). The van der Waals surface area contributed by atoms with E-state index in [-0.39, 0.29) is 5.91 Å². The number of amides is 1. The van der Waals surface area contributed by atoms with E-state index in [2.05, 4.69) is 0 Å². The largest absolute Gasteiger partial charge is 0.286 e. The summed E-state index contributed by atoms with van der Waals surface area (Å²) in [4.78, 5) is 10.6. The second-order valence-electron chi connectivity index (χ2n) is 1.87. The summed E-state index contributed by atoms with van der Waals surface area (Å²) in [5.74, 6) is -0.211. The Hall–Kier alpha value is -0.570. The van der Waals surface area contributed by atoms with E-state index < -0.39 is 0 Å². The van der Waals surface area contributed by atoms with E-state index in [1.165, 1.54) is 0 Å². The van der Waals surface area contributed by atoms with Gasteiger partial charge in [0.25, 0.3) is 0 Å². The van der Waals surface area contributed by atoms with Crippen LogP contribution in [0.25, 0.3) is 0 Å². The van der Waals surface area contributed by atoms with Gasteiger partial charge in [0.2, 0.25) is 5.91 Å². The first-order valence-corrected chi connectivity index (χ1v) is 3.21. The molecule has 0 saturated carbocycles. The molecular formula is C6H13NO2. The zero-order valence-electron chi connectivity index (χ0n) is 5.92. The van der Waals surface area contributed by atoms with Gasteiger partial charge < -0.3 is 0 Å². The van der Waals surface area contributed by atoms with Crippen LogP contribution in [0.2, 0.25) is 0 Å². The Balaban J connectivity index is 3.45. The van der Waals surface area contributed by atoms with Gasteiger partial charge in [-0.05, 0) is 6.42 Å². The summed E-state index contributed by atoms with van der Waals surface area (Å²) in [6.45, 7) is 4.07. The van der Waals surface area contributed by atoms with E-state index in [1.54, 1.807) is 6.92 Å². The summed E-state index contributed by atoms with van der Waals surface area (Å²) in [5.41, 5.74) is 0. The molecule has 54 valence electrons. The molecule has 0 aliphatic rings. The fourth-order valence-corrected chi connectivity index (χ4v) is 0.519. The van der Waals surface area contributed by atoms with Crippen LogP contribution in [0.1, 0.15) is 26.7 Å². The van der Waals surface area contributed by atoms with Crippen LogP contribution in [0.15, 0.2) is 0 Å². The third-order valence-electron chi connectivity index (χ3n) is 1.03. The summed E-state index contributed by atoms with van der Waals surface area (Å²) >= 11 is 0. The van der Waals surface area contributed by atoms with Crippen molar-refractivity contribution in [1.29, 1.82) is 0 Å². The Bertz CT molecular complexity index is 93.1. The van der Waals surface area contributed by atoms with Gasteiger partial charge >= 0.3 is 0 Å². The minimum atomic E-state index is -0.211. The first kappa shape index (κ1) is 8.43. The fraction of sp³-hybridized carbons (Fsp3) is 0.833. The Morgan fingerprint density at radius 3 is 2.44 bits per heavy atom. The van der Waals surface area contributed by atoms with E-state index >= 15 is 0 Å². The van der Waals surface area contributed by atoms with Crippen LogP contribution in [0.4, 0.5) is 0 Å². The van der Waals surface area contributed by atoms with Crippen molar-refractivity contribution >= 4 is 5.91 Å². The van der Waals surface area contributed by atoms with Gasteiger partial charge in [0, 0.05) is 13.0 Å². The van der Waals surface area contributed by atoms with Gasteiger partial charge in [-0.2, -0.15) is 0 Å². The van der Waals surface area contributed by atoms with Crippen molar-refractivity contribution in [3.8, 4) is 0 Å². The Labute approximate surface area is 55.2 Å². The van der Waals surface area contributed by atoms with Gasteiger partial charge in [-0.1, -0.05) is 13.8 Å². The highest BCUT2D eigenvalue weighted by Crippen LogP contribution is 1.89. The third kappa shape index (κ3) is 3.08. The predicted octanol–water partition coefficient (Wildman–Crippen LogP) is 1.02. The lowest BCUT2D eigenvalue weighted by Crippen LogP contribution is -2.26. The molecule has 0 bridgehead atoms. The highest BCUT2D eigenvalue weighted by molar-refractivity contribution is 5.74. The molecule has 0 unspecified atom stereocenters. The zero-order chi connectivity index (χ0) is 7.28. The molecule has 3 heteroatoms. The van der Waals surface area contributed by atoms with Gasteiger partial charge in [-0.25, -0.2) is 5.06 Å². The van der Waals surface area contributed by atoms with Crippen molar-refractivity contribution in [2.24, 2.45) is 0 Å². The number of rotatable bonds is 3. The molecule has 3 nitrogen and oxygen atoms in total. The van der Waals surface area contributed by atoms with Crippen molar-refractivity contribution in [2.75, 3.05) is 6.54 Å². The zero-order valence-corrected chi connectivity index (χ0v) is 5.92. The second kappa shape index (κ2) is 4.32. The van der Waals surface area contributed by atoms with E-state index in [1.807, 2.05) is 6.92 Å². The van der Waals surface area contributed by atoms with Crippen LogP contribution in [0.5, 0.6) is 0 Å². The molecule has 0 aromatic heterocycles. The molecule has 0 spiro atoms. The third-order valence-corrected chi connectivity index (χ3v) is 1.03. The summed E-state index contributed by atoms with van der Waals surface area (Å²) < 4.78 is 0. The lowest BCUT2D eigenvalue weighted by atomic mass is 10.4. The predicted molar refractivity (Wildman–Crippen MR) is 34.1 cm³/mol. The normalized spacial score (nSPS) is 9.22. The van der Waals surface area contributed by atoms with Crippen LogP contribution >= 0.6 is 0 Å². The van der Waals surface area contributed by atoms with Crippen LogP contribution in [0, 0.1) is 0 Å². The van der Waals surface area contributed by atoms with E-state index in [9.17, 15) is 4.79 Å². The van der Waals surface area contributed by atoms with Crippen molar-refractivity contribution in [2.45, 2.75) is 26.7 Å². The number of nitrogens with zero attached hydrogens (tertiary/aromatic N) is 1. The maximum Gasteiger partial charge on any atom is 0.245 e. The highest BCUT2D eigenvalue weighted by Gasteiger charge is 2.04. The minimum absolute atomic E-state index is 0.211. The molecule has 0 aromatic rings. The number of carbonyl (C=O) groups excluding carboxylic acids is 1. The molecule has 0 aliphatic carbocycles. The monoisotopic (exact) mass is 131 g/mol. The van der Waals surface area contributed by atoms with Gasteiger partial charge in [0.1, 0.15) is 0 Å². The standard InChI is InChI=1S/C6H13NO2/c1-3-5-7(9)6(8)4-2/h9H,3-5H2,1-2H3. The summed E-state index contributed by atoms with van der Waals surface area (Å²) in [6, 6.07) is 0. The Kier molecular flexibility index (Phi) is 4.05. The summed E-state index contributed by atoms with van der Waals surface area (Å²) in [7, 11) is 0. The number of hydrogen-bond acceptors (Lipinski definition) is 2. The van der Waals surface area contributed by atoms with Crippen LogP contribution < -0.4 is 0 Å².